The molecule has 6 heteroatoms. The van der Waals surface area contributed by atoms with Crippen LogP contribution in [0.1, 0.15) is 23.2 Å². The molecule has 1 fully saturated rings. The molecule has 1 saturated heterocycles. The van der Waals surface area contributed by atoms with Crippen molar-refractivity contribution in [2.45, 2.75) is 18.9 Å². The van der Waals surface area contributed by atoms with Crippen molar-refractivity contribution in [1.29, 1.82) is 0 Å². The summed E-state index contributed by atoms with van der Waals surface area (Å²) in [6.07, 6.45) is 3.39. The van der Waals surface area contributed by atoms with Crippen LogP contribution in [0.2, 0.25) is 0 Å². The summed E-state index contributed by atoms with van der Waals surface area (Å²) in [5.41, 5.74) is 6.00. The SMILES string of the molecule is Nc1c(C(=O)O)ccnc1NC1CCCOC1. The zero-order valence-electron chi connectivity index (χ0n) is 9.35. The first kappa shape index (κ1) is 11.7. The number of carbonyl (C=O) groups is 1. The van der Waals surface area contributed by atoms with Gasteiger partial charge in [-0.05, 0) is 18.9 Å². The van der Waals surface area contributed by atoms with Crippen LogP contribution in [0.5, 0.6) is 0 Å². The van der Waals surface area contributed by atoms with E-state index in [4.69, 9.17) is 15.6 Å². The van der Waals surface area contributed by atoms with Gasteiger partial charge in [-0.2, -0.15) is 0 Å². The molecule has 2 rings (SSSR count). The Balaban J connectivity index is 2.15. The maximum atomic E-state index is 10.9. The van der Waals surface area contributed by atoms with E-state index in [2.05, 4.69) is 10.3 Å². The molecule has 0 spiro atoms. The molecule has 4 N–H and O–H groups in total. The quantitative estimate of drug-likeness (QED) is 0.724. The molecular formula is C11H15N3O3. The van der Waals surface area contributed by atoms with Gasteiger partial charge >= 0.3 is 5.97 Å². The largest absolute Gasteiger partial charge is 0.478 e. The molecule has 92 valence electrons. The van der Waals surface area contributed by atoms with Gasteiger partial charge in [-0.3, -0.25) is 0 Å². The number of nitrogens with zero attached hydrogens (tertiary/aromatic N) is 1. The van der Waals surface area contributed by atoms with Crippen molar-refractivity contribution in [3.63, 3.8) is 0 Å². The summed E-state index contributed by atoms with van der Waals surface area (Å²) in [5, 5.41) is 12.1. The molecule has 17 heavy (non-hydrogen) atoms. The Labute approximate surface area is 98.8 Å². The number of nitrogens with one attached hydrogen (secondary N) is 1. The highest BCUT2D eigenvalue weighted by Gasteiger charge is 2.17. The van der Waals surface area contributed by atoms with Crippen LogP contribution in [-0.4, -0.2) is 35.3 Å². The number of carboxylic acid groups (broad SMARTS) is 1. The maximum Gasteiger partial charge on any atom is 0.337 e. The minimum Gasteiger partial charge on any atom is -0.478 e. The number of nitrogens with two attached hydrogens (primary N) is 1. The van der Waals surface area contributed by atoms with E-state index in [1.54, 1.807) is 0 Å². The summed E-state index contributed by atoms with van der Waals surface area (Å²) in [6, 6.07) is 1.53. The van der Waals surface area contributed by atoms with Crippen molar-refractivity contribution < 1.29 is 14.6 Å². The standard InChI is InChI=1S/C11H15N3O3/c12-9-8(11(15)16)3-4-13-10(9)14-7-2-1-5-17-6-7/h3-4,7H,1-2,5-6,12H2,(H,13,14)(H,15,16). The average molecular weight is 237 g/mol. The highest BCUT2D eigenvalue weighted by Crippen LogP contribution is 2.22. The lowest BCUT2D eigenvalue weighted by Gasteiger charge is -2.24. The molecule has 2 heterocycles. The number of anilines is 2. The second-order valence-electron chi connectivity index (χ2n) is 3.98. The predicted molar refractivity (Wildman–Crippen MR) is 63.1 cm³/mol. The first-order chi connectivity index (χ1) is 8.18. The van der Waals surface area contributed by atoms with E-state index >= 15 is 0 Å². The highest BCUT2D eigenvalue weighted by atomic mass is 16.5. The number of aromatic carboxylic acids is 1. The second kappa shape index (κ2) is 5.01. The van der Waals surface area contributed by atoms with Crippen LogP contribution in [0.15, 0.2) is 12.3 Å². The van der Waals surface area contributed by atoms with Crippen molar-refractivity contribution in [2.75, 3.05) is 24.3 Å². The van der Waals surface area contributed by atoms with Crippen molar-refractivity contribution in [3.05, 3.63) is 17.8 Å². The molecule has 1 atom stereocenters. The van der Waals surface area contributed by atoms with Crippen molar-refractivity contribution in [2.24, 2.45) is 0 Å². The molecule has 0 amide bonds. The normalized spacial score (nSPS) is 19.9. The third kappa shape index (κ3) is 2.65. The summed E-state index contributed by atoms with van der Waals surface area (Å²) in [7, 11) is 0. The fourth-order valence-electron chi connectivity index (χ4n) is 1.82. The molecule has 0 saturated carbocycles. The fourth-order valence-corrected chi connectivity index (χ4v) is 1.82. The van der Waals surface area contributed by atoms with Crippen LogP contribution >= 0.6 is 0 Å². The molecule has 1 aromatic rings. The van der Waals surface area contributed by atoms with Gasteiger partial charge in [0.25, 0.3) is 0 Å². The van der Waals surface area contributed by atoms with E-state index in [1.165, 1.54) is 12.3 Å². The van der Waals surface area contributed by atoms with Gasteiger partial charge in [0, 0.05) is 12.8 Å². The molecule has 1 aromatic heterocycles. The number of nitrogen functional groups attached to an aromatic ring is 1. The van der Waals surface area contributed by atoms with Crippen molar-refractivity contribution >= 4 is 17.5 Å². The van der Waals surface area contributed by atoms with Crippen LogP contribution in [0.4, 0.5) is 11.5 Å². The average Bonchev–Trinajstić information content (AvgIpc) is 2.33. The number of aromatic nitrogens is 1. The lowest BCUT2D eigenvalue weighted by atomic mass is 10.1. The van der Waals surface area contributed by atoms with E-state index in [-0.39, 0.29) is 17.3 Å². The Kier molecular flexibility index (Phi) is 3.43. The zero-order chi connectivity index (χ0) is 12.3. The minimum atomic E-state index is -1.05. The highest BCUT2D eigenvalue weighted by molar-refractivity contribution is 5.96. The first-order valence-corrected chi connectivity index (χ1v) is 5.50. The van der Waals surface area contributed by atoms with Gasteiger partial charge in [0.2, 0.25) is 0 Å². The summed E-state index contributed by atoms with van der Waals surface area (Å²) in [6.45, 7) is 1.37. The Morgan fingerprint density at radius 2 is 2.47 bits per heavy atom. The predicted octanol–water partition coefficient (Wildman–Crippen LogP) is 0.953. The molecule has 0 bridgehead atoms. The van der Waals surface area contributed by atoms with Gasteiger partial charge in [0.05, 0.1) is 23.9 Å². The van der Waals surface area contributed by atoms with E-state index in [0.29, 0.717) is 12.4 Å². The van der Waals surface area contributed by atoms with Gasteiger partial charge in [0.15, 0.2) is 0 Å². The van der Waals surface area contributed by atoms with Crippen LogP contribution in [0.3, 0.4) is 0 Å². The number of rotatable bonds is 3. The maximum absolute atomic E-state index is 10.9. The summed E-state index contributed by atoms with van der Waals surface area (Å²) >= 11 is 0. The first-order valence-electron chi connectivity index (χ1n) is 5.50. The van der Waals surface area contributed by atoms with E-state index < -0.39 is 5.97 Å². The Morgan fingerprint density at radius 3 is 3.12 bits per heavy atom. The van der Waals surface area contributed by atoms with Crippen LogP contribution in [0, 0.1) is 0 Å². The topological polar surface area (TPSA) is 97.5 Å². The zero-order valence-corrected chi connectivity index (χ0v) is 9.35. The molecule has 0 aliphatic carbocycles. The minimum absolute atomic E-state index is 0.0687. The van der Waals surface area contributed by atoms with Crippen molar-refractivity contribution in [3.8, 4) is 0 Å². The smallest absolute Gasteiger partial charge is 0.337 e. The molecule has 6 nitrogen and oxygen atoms in total. The number of hydrogen-bond acceptors (Lipinski definition) is 5. The molecular weight excluding hydrogens is 222 g/mol. The third-order valence-corrected chi connectivity index (χ3v) is 2.72. The number of ether oxygens (including phenoxy) is 1. The lowest BCUT2D eigenvalue weighted by molar-refractivity contribution is 0.0698. The number of hydrogen-bond donors (Lipinski definition) is 3. The molecule has 1 aliphatic rings. The van der Waals surface area contributed by atoms with Crippen LogP contribution < -0.4 is 11.1 Å². The van der Waals surface area contributed by atoms with E-state index in [9.17, 15) is 4.79 Å². The van der Waals surface area contributed by atoms with Gasteiger partial charge in [-0.1, -0.05) is 0 Å². The van der Waals surface area contributed by atoms with Gasteiger partial charge in [-0.15, -0.1) is 0 Å². The van der Waals surface area contributed by atoms with Crippen molar-refractivity contribution in [1.82, 2.24) is 4.98 Å². The molecule has 1 unspecified atom stereocenters. The van der Waals surface area contributed by atoms with Crippen LogP contribution in [-0.2, 0) is 4.74 Å². The molecule has 0 radical (unpaired) electrons. The number of carboxylic acids is 1. The summed E-state index contributed by atoms with van der Waals surface area (Å²) < 4.78 is 5.32. The second-order valence-corrected chi connectivity index (χ2v) is 3.98. The summed E-state index contributed by atoms with van der Waals surface area (Å²) in [4.78, 5) is 15.0. The Morgan fingerprint density at radius 1 is 1.65 bits per heavy atom. The van der Waals surface area contributed by atoms with Crippen LogP contribution in [0.25, 0.3) is 0 Å². The van der Waals surface area contributed by atoms with E-state index in [0.717, 1.165) is 19.4 Å². The summed E-state index contributed by atoms with van der Waals surface area (Å²) in [5.74, 6) is -0.631. The Hall–Kier alpha value is -1.82. The molecule has 0 aromatic carbocycles. The van der Waals surface area contributed by atoms with Gasteiger partial charge in [-0.25, -0.2) is 9.78 Å². The van der Waals surface area contributed by atoms with E-state index in [1.807, 2.05) is 0 Å². The third-order valence-electron chi connectivity index (χ3n) is 2.72. The van der Waals surface area contributed by atoms with Gasteiger partial charge < -0.3 is 20.9 Å². The Bertz CT molecular complexity index is 416. The van der Waals surface area contributed by atoms with Gasteiger partial charge in [0.1, 0.15) is 5.82 Å². The number of pyridine rings is 1. The fraction of sp³-hybridized carbons (Fsp3) is 0.455. The molecule has 1 aliphatic heterocycles. The lowest BCUT2D eigenvalue weighted by Crippen LogP contribution is -2.30. The monoisotopic (exact) mass is 237 g/mol.